The van der Waals surface area contributed by atoms with Gasteiger partial charge in [0.1, 0.15) is 0 Å². The number of nitrogens with zero attached hydrogens (tertiary/aromatic N) is 4. The number of nitro groups is 1. The van der Waals surface area contributed by atoms with Gasteiger partial charge >= 0.3 is 0 Å². The highest BCUT2D eigenvalue weighted by Gasteiger charge is 2.12. The largest absolute Gasteiger partial charge is 0.399 e. The molecule has 0 amide bonds. The molecule has 0 saturated carbocycles. The fraction of sp³-hybridized carbons (Fsp3) is 0.174. The van der Waals surface area contributed by atoms with E-state index in [4.69, 9.17) is 5.73 Å². The number of rotatable bonds is 8. The molecule has 4 aromatic rings. The second-order valence-electron chi connectivity index (χ2n) is 7.31. The summed E-state index contributed by atoms with van der Waals surface area (Å²) in [5.41, 5.74) is 10.9. The van der Waals surface area contributed by atoms with Gasteiger partial charge in [-0.25, -0.2) is 4.98 Å². The zero-order valence-corrected chi connectivity index (χ0v) is 16.5. The number of imidazole rings is 1. The summed E-state index contributed by atoms with van der Waals surface area (Å²) in [6, 6.07) is 22.7. The van der Waals surface area contributed by atoms with E-state index in [0.29, 0.717) is 13.1 Å². The Hall–Kier alpha value is -3.71. The van der Waals surface area contributed by atoms with Gasteiger partial charge < -0.3 is 10.3 Å². The third-order valence-corrected chi connectivity index (χ3v) is 5.07. The molecule has 0 bridgehead atoms. The minimum absolute atomic E-state index is 0.108. The molecule has 0 aliphatic rings. The van der Waals surface area contributed by atoms with Crippen molar-refractivity contribution in [3.8, 4) is 0 Å². The average Bonchev–Trinajstić information content (AvgIpc) is 3.15. The van der Waals surface area contributed by atoms with Crippen molar-refractivity contribution >= 4 is 22.4 Å². The van der Waals surface area contributed by atoms with Crippen LogP contribution in [-0.4, -0.2) is 25.9 Å². The van der Waals surface area contributed by atoms with Crippen LogP contribution in [0.15, 0.2) is 79.1 Å². The first-order valence-corrected chi connectivity index (χ1v) is 9.78. The molecule has 3 aromatic carbocycles. The Morgan fingerprint density at radius 3 is 2.47 bits per heavy atom. The third kappa shape index (κ3) is 4.64. The molecule has 1 heterocycles. The number of nitrogens with two attached hydrogens (primary N) is 1. The summed E-state index contributed by atoms with van der Waals surface area (Å²) in [7, 11) is 0. The molecule has 7 heteroatoms. The summed E-state index contributed by atoms with van der Waals surface area (Å²) in [6.45, 7) is 2.82. The van der Waals surface area contributed by atoms with E-state index in [2.05, 4.69) is 20.5 Å². The number of hydrogen-bond acceptors (Lipinski definition) is 5. The average molecular weight is 401 g/mol. The normalized spacial score (nSPS) is 11.2. The fourth-order valence-corrected chi connectivity index (χ4v) is 3.63. The quantitative estimate of drug-likeness (QED) is 0.271. The number of hydrogen-bond donors (Lipinski definition) is 1. The van der Waals surface area contributed by atoms with Gasteiger partial charge in [0.2, 0.25) is 0 Å². The number of nitrogen functional groups attached to an aromatic ring is 1. The first-order valence-electron chi connectivity index (χ1n) is 9.78. The Morgan fingerprint density at radius 2 is 1.70 bits per heavy atom. The van der Waals surface area contributed by atoms with Crippen molar-refractivity contribution in [2.24, 2.45) is 0 Å². The standard InChI is InChI=1S/C23H23N5O2/c24-20-7-3-5-18(13-20)15-26(16-19-6-4-8-21(14-19)28(29)30)11-12-27-17-25-22-9-1-2-10-23(22)27/h1-10,13-14,17H,11-12,15-16,24H2. The van der Waals surface area contributed by atoms with Crippen molar-refractivity contribution in [2.45, 2.75) is 19.6 Å². The van der Waals surface area contributed by atoms with Crippen molar-refractivity contribution in [3.63, 3.8) is 0 Å². The van der Waals surface area contributed by atoms with E-state index in [1.54, 1.807) is 12.1 Å². The van der Waals surface area contributed by atoms with Crippen molar-refractivity contribution in [1.29, 1.82) is 0 Å². The molecule has 0 fully saturated rings. The lowest BCUT2D eigenvalue weighted by Crippen LogP contribution is -2.27. The summed E-state index contributed by atoms with van der Waals surface area (Å²) in [4.78, 5) is 17.5. The maximum atomic E-state index is 11.1. The molecule has 0 aliphatic heterocycles. The number of non-ortho nitro benzene ring substituents is 1. The van der Waals surface area contributed by atoms with Crippen LogP contribution in [0.1, 0.15) is 11.1 Å². The molecule has 0 saturated heterocycles. The third-order valence-electron chi connectivity index (χ3n) is 5.07. The lowest BCUT2D eigenvalue weighted by atomic mass is 10.1. The van der Waals surface area contributed by atoms with Gasteiger partial charge in [-0.15, -0.1) is 0 Å². The molecule has 0 atom stereocenters. The first-order chi connectivity index (χ1) is 14.6. The van der Waals surface area contributed by atoms with Crippen molar-refractivity contribution in [3.05, 3.63) is 100 Å². The molecule has 7 nitrogen and oxygen atoms in total. The van der Waals surface area contributed by atoms with Crippen LogP contribution >= 0.6 is 0 Å². The number of para-hydroxylation sites is 2. The van der Waals surface area contributed by atoms with E-state index in [0.717, 1.165) is 40.9 Å². The monoisotopic (exact) mass is 401 g/mol. The zero-order valence-electron chi connectivity index (χ0n) is 16.5. The number of aromatic nitrogens is 2. The molecule has 0 radical (unpaired) electrons. The van der Waals surface area contributed by atoms with E-state index < -0.39 is 0 Å². The molecular formula is C23H23N5O2. The minimum atomic E-state index is -0.358. The Bertz CT molecular complexity index is 1170. The summed E-state index contributed by atoms with van der Waals surface area (Å²) in [5, 5.41) is 11.1. The van der Waals surface area contributed by atoms with Crippen LogP contribution in [-0.2, 0) is 19.6 Å². The van der Waals surface area contributed by atoms with E-state index in [-0.39, 0.29) is 10.6 Å². The Balaban J connectivity index is 1.54. The second kappa shape index (κ2) is 8.75. The maximum Gasteiger partial charge on any atom is 0.269 e. The highest BCUT2D eigenvalue weighted by molar-refractivity contribution is 5.74. The Morgan fingerprint density at radius 1 is 0.967 bits per heavy atom. The fourth-order valence-electron chi connectivity index (χ4n) is 3.63. The van der Waals surface area contributed by atoms with Gasteiger partial charge in [-0.3, -0.25) is 15.0 Å². The van der Waals surface area contributed by atoms with Gasteiger partial charge in [-0.2, -0.15) is 0 Å². The smallest absolute Gasteiger partial charge is 0.269 e. The van der Waals surface area contributed by atoms with Crippen LogP contribution in [0, 0.1) is 10.1 Å². The van der Waals surface area contributed by atoms with Gasteiger partial charge in [-0.05, 0) is 35.4 Å². The lowest BCUT2D eigenvalue weighted by Gasteiger charge is -2.23. The van der Waals surface area contributed by atoms with Gasteiger partial charge in [0, 0.05) is 44.0 Å². The van der Waals surface area contributed by atoms with E-state index in [9.17, 15) is 10.1 Å². The molecule has 30 heavy (non-hydrogen) atoms. The number of benzene rings is 3. The highest BCUT2D eigenvalue weighted by atomic mass is 16.6. The van der Waals surface area contributed by atoms with Gasteiger partial charge in [-0.1, -0.05) is 36.4 Å². The molecular weight excluding hydrogens is 378 g/mol. The van der Waals surface area contributed by atoms with Gasteiger partial charge in [0.25, 0.3) is 5.69 Å². The minimum Gasteiger partial charge on any atom is -0.399 e. The molecule has 0 spiro atoms. The lowest BCUT2D eigenvalue weighted by molar-refractivity contribution is -0.384. The SMILES string of the molecule is Nc1cccc(CN(CCn2cnc3ccccc32)Cc2cccc([N+](=O)[O-])c2)c1. The van der Waals surface area contributed by atoms with Gasteiger partial charge in [0.05, 0.1) is 22.3 Å². The van der Waals surface area contributed by atoms with Crippen LogP contribution in [0.4, 0.5) is 11.4 Å². The molecule has 1 aromatic heterocycles. The van der Waals surface area contributed by atoms with Crippen molar-refractivity contribution < 1.29 is 4.92 Å². The predicted octanol–water partition coefficient (Wildman–Crippen LogP) is 4.23. The Labute approximate surface area is 174 Å². The number of nitro benzene ring substituents is 1. The van der Waals surface area contributed by atoms with E-state index in [1.807, 2.05) is 54.9 Å². The number of anilines is 1. The molecule has 0 aliphatic carbocycles. The topological polar surface area (TPSA) is 90.2 Å². The van der Waals surface area contributed by atoms with Crippen LogP contribution < -0.4 is 5.73 Å². The van der Waals surface area contributed by atoms with Crippen LogP contribution in [0.3, 0.4) is 0 Å². The summed E-state index contributed by atoms with van der Waals surface area (Å²) in [5.74, 6) is 0. The predicted molar refractivity (Wildman–Crippen MR) is 118 cm³/mol. The second-order valence-corrected chi connectivity index (χ2v) is 7.31. The van der Waals surface area contributed by atoms with E-state index in [1.165, 1.54) is 6.07 Å². The molecule has 0 unspecified atom stereocenters. The van der Waals surface area contributed by atoms with Crippen molar-refractivity contribution in [2.75, 3.05) is 12.3 Å². The highest BCUT2D eigenvalue weighted by Crippen LogP contribution is 2.18. The Kier molecular flexibility index (Phi) is 5.72. The van der Waals surface area contributed by atoms with E-state index >= 15 is 0 Å². The number of fused-ring (bicyclic) bond motifs is 1. The summed E-state index contributed by atoms with van der Waals surface area (Å²) < 4.78 is 2.13. The molecule has 2 N–H and O–H groups in total. The van der Waals surface area contributed by atoms with Crippen LogP contribution in [0.25, 0.3) is 11.0 Å². The molecule has 152 valence electrons. The van der Waals surface area contributed by atoms with Gasteiger partial charge in [0.15, 0.2) is 0 Å². The van der Waals surface area contributed by atoms with Crippen molar-refractivity contribution in [1.82, 2.24) is 14.5 Å². The summed E-state index contributed by atoms with van der Waals surface area (Å²) >= 11 is 0. The van der Waals surface area contributed by atoms with Crippen LogP contribution in [0.2, 0.25) is 0 Å². The zero-order chi connectivity index (χ0) is 20.9. The van der Waals surface area contributed by atoms with Crippen LogP contribution in [0.5, 0.6) is 0 Å². The summed E-state index contributed by atoms with van der Waals surface area (Å²) in [6.07, 6.45) is 1.86. The first kappa shape index (κ1) is 19.6. The molecule has 4 rings (SSSR count). The maximum absolute atomic E-state index is 11.1.